The smallest absolute Gasteiger partial charge is 0.293 e. The number of hydrogen-bond acceptors (Lipinski definition) is 4. The lowest BCUT2D eigenvalue weighted by Crippen LogP contribution is -2.17. The van der Waals surface area contributed by atoms with E-state index < -0.39 is 10.0 Å². The molecule has 0 fully saturated rings. The minimum atomic E-state index is -3.78. The molecule has 5 nitrogen and oxygen atoms in total. The van der Waals surface area contributed by atoms with Gasteiger partial charge in [0, 0.05) is 11.8 Å². The highest BCUT2D eigenvalue weighted by molar-refractivity contribution is 7.92. The second-order valence-corrected chi connectivity index (χ2v) is 7.79. The predicted molar refractivity (Wildman–Crippen MR) is 97.1 cm³/mol. The molecule has 0 aliphatic heterocycles. The fourth-order valence-electron chi connectivity index (χ4n) is 2.05. The van der Waals surface area contributed by atoms with Gasteiger partial charge < -0.3 is 5.32 Å². The number of benzene rings is 1. The molecular weight excluding hydrogens is 342 g/mol. The molecule has 7 heteroatoms. The van der Waals surface area contributed by atoms with E-state index in [0.29, 0.717) is 11.4 Å². The molecule has 1 N–H and O–H groups in total. The standard InChI is InChI=1S/C17H15N3O2S2/c1-13-7-5-11-18-16(13)19-17(14-8-3-2-4-9-14)20-24(21,22)15-10-6-12-23-15/h2-12H,1H3,(H,18,19,20). The first-order chi connectivity index (χ1) is 11.6. The normalized spacial score (nSPS) is 12.1. The number of pyridine rings is 1. The SMILES string of the molecule is Cc1cccnc1NC(=NS(=O)(=O)c1cccs1)c1ccccc1. The molecule has 0 atom stereocenters. The summed E-state index contributed by atoms with van der Waals surface area (Å²) >= 11 is 1.14. The monoisotopic (exact) mass is 357 g/mol. The van der Waals surface area contributed by atoms with Gasteiger partial charge >= 0.3 is 0 Å². The molecule has 0 spiro atoms. The van der Waals surface area contributed by atoms with E-state index in [0.717, 1.165) is 16.9 Å². The number of nitrogens with one attached hydrogen (secondary N) is 1. The minimum Gasteiger partial charge on any atom is -0.324 e. The number of anilines is 1. The van der Waals surface area contributed by atoms with Gasteiger partial charge in [-0.25, -0.2) is 4.98 Å². The van der Waals surface area contributed by atoms with Crippen LogP contribution in [0, 0.1) is 6.92 Å². The molecule has 2 aromatic heterocycles. The van der Waals surface area contributed by atoms with Gasteiger partial charge in [0.1, 0.15) is 10.0 Å². The molecule has 24 heavy (non-hydrogen) atoms. The zero-order valence-corrected chi connectivity index (χ0v) is 14.5. The van der Waals surface area contributed by atoms with Crippen LogP contribution in [0.1, 0.15) is 11.1 Å². The molecule has 0 saturated heterocycles. The van der Waals surface area contributed by atoms with Gasteiger partial charge in [0.2, 0.25) is 0 Å². The number of thiophene rings is 1. The molecular formula is C17H15N3O2S2. The number of aromatic nitrogens is 1. The summed E-state index contributed by atoms with van der Waals surface area (Å²) in [5.41, 5.74) is 1.57. The van der Waals surface area contributed by atoms with Crippen molar-refractivity contribution in [3.05, 3.63) is 77.3 Å². The highest BCUT2D eigenvalue weighted by Gasteiger charge is 2.17. The predicted octanol–water partition coefficient (Wildman–Crippen LogP) is 3.70. The number of sulfonamides is 1. The molecule has 0 unspecified atom stereocenters. The van der Waals surface area contributed by atoms with Gasteiger partial charge in [-0.2, -0.15) is 8.42 Å². The van der Waals surface area contributed by atoms with Crippen molar-refractivity contribution in [3.8, 4) is 0 Å². The average molecular weight is 357 g/mol. The zero-order valence-electron chi connectivity index (χ0n) is 12.9. The van der Waals surface area contributed by atoms with Crippen molar-refractivity contribution in [1.82, 2.24) is 4.98 Å². The number of amidine groups is 1. The third kappa shape index (κ3) is 3.69. The largest absolute Gasteiger partial charge is 0.324 e. The van der Waals surface area contributed by atoms with Crippen LogP contribution in [-0.2, 0) is 10.0 Å². The van der Waals surface area contributed by atoms with Gasteiger partial charge in [-0.15, -0.1) is 15.7 Å². The Bertz CT molecular complexity index is 951. The zero-order chi connectivity index (χ0) is 17.0. The Labute approximate surface area is 144 Å². The number of hydrogen-bond donors (Lipinski definition) is 1. The van der Waals surface area contributed by atoms with E-state index in [2.05, 4.69) is 14.7 Å². The maximum atomic E-state index is 12.5. The van der Waals surface area contributed by atoms with E-state index in [1.807, 2.05) is 37.3 Å². The Hall–Kier alpha value is -2.51. The van der Waals surface area contributed by atoms with E-state index in [1.165, 1.54) is 6.07 Å². The summed E-state index contributed by atoms with van der Waals surface area (Å²) in [7, 11) is -3.78. The van der Waals surface area contributed by atoms with Crippen LogP contribution in [0.25, 0.3) is 0 Å². The van der Waals surface area contributed by atoms with Crippen molar-refractivity contribution in [2.45, 2.75) is 11.1 Å². The second-order valence-electron chi connectivity index (χ2n) is 5.01. The van der Waals surface area contributed by atoms with Crippen molar-refractivity contribution >= 4 is 33.0 Å². The molecule has 3 rings (SSSR count). The summed E-state index contributed by atoms with van der Waals surface area (Å²) in [6.45, 7) is 1.89. The van der Waals surface area contributed by atoms with Gasteiger partial charge in [-0.3, -0.25) is 0 Å². The maximum Gasteiger partial charge on any atom is 0.293 e. The highest BCUT2D eigenvalue weighted by Crippen LogP contribution is 2.20. The minimum absolute atomic E-state index is 0.204. The summed E-state index contributed by atoms with van der Waals surface area (Å²) in [6, 6.07) is 16.1. The highest BCUT2D eigenvalue weighted by atomic mass is 32.2. The Kier molecular flexibility index (Phi) is 4.73. The second kappa shape index (κ2) is 6.94. The summed E-state index contributed by atoms with van der Waals surface area (Å²) < 4.78 is 29.2. The van der Waals surface area contributed by atoms with Crippen LogP contribution in [0.15, 0.2) is 74.8 Å². The topological polar surface area (TPSA) is 71.4 Å². The number of aryl methyl sites for hydroxylation is 1. The number of nitrogens with zero attached hydrogens (tertiary/aromatic N) is 2. The molecule has 0 amide bonds. The average Bonchev–Trinajstić information content (AvgIpc) is 3.12. The Morgan fingerprint density at radius 3 is 2.54 bits per heavy atom. The molecule has 0 radical (unpaired) electrons. The quantitative estimate of drug-likeness (QED) is 0.571. The fourth-order valence-corrected chi connectivity index (χ4v) is 3.99. The first-order valence-corrected chi connectivity index (χ1v) is 9.51. The van der Waals surface area contributed by atoms with E-state index in [9.17, 15) is 8.42 Å². The molecule has 0 saturated carbocycles. The lowest BCUT2D eigenvalue weighted by atomic mass is 10.2. The van der Waals surface area contributed by atoms with Crippen LogP contribution < -0.4 is 5.32 Å². The van der Waals surface area contributed by atoms with Crippen LogP contribution in [-0.4, -0.2) is 19.2 Å². The molecule has 3 aromatic rings. The Morgan fingerprint density at radius 1 is 1.08 bits per heavy atom. The van der Waals surface area contributed by atoms with E-state index in [4.69, 9.17) is 0 Å². The lowest BCUT2D eigenvalue weighted by molar-refractivity contribution is 0.600. The van der Waals surface area contributed by atoms with Gasteiger partial charge in [0.15, 0.2) is 5.84 Å². The molecule has 0 aliphatic carbocycles. The van der Waals surface area contributed by atoms with E-state index in [-0.39, 0.29) is 10.0 Å². The molecule has 1 aromatic carbocycles. The van der Waals surface area contributed by atoms with Crippen molar-refractivity contribution in [3.63, 3.8) is 0 Å². The van der Waals surface area contributed by atoms with Gasteiger partial charge in [0.25, 0.3) is 10.0 Å². The Morgan fingerprint density at radius 2 is 1.88 bits per heavy atom. The van der Waals surface area contributed by atoms with Crippen molar-refractivity contribution in [2.24, 2.45) is 4.40 Å². The molecule has 2 heterocycles. The van der Waals surface area contributed by atoms with E-state index in [1.54, 1.807) is 29.8 Å². The summed E-state index contributed by atoms with van der Waals surface area (Å²) in [6.07, 6.45) is 1.64. The molecule has 0 aliphatic rings. The van der Waals surface area contributed by atoms with Crippen LogP contribution >= 0.6 is 11.3 Å². The summed E-state index contributed by atoms with van der Waals surface area (Å²) in [5, 5.41) is 4.76. The van der Waals surface area contributed by atoms with Crippen LogP contribution in [0.3, 0.4) is 0 Å². The third-order valence-corrected chi connectivity index (χ3v) is 5.90. The van der Waals surface area contributed by atoms with Crippen LogP contribution in [0.5, 0.6) is 0 Å². The van der Waals surface area contributed by atoms with Gasteiger partial charge in [-0.1, -0.05) is 42.5 Å². The van der Waals surface area contributed by atoms with Gasteiger partial charge in [-0.05, 0) is 30.0 Å². The van der Waals surface area contributed by atoms with Crippen LogP contribution in [0.4, 0.5) is 5.82 Å². The third-order valence-electron chi connectivity index (χ3n) is 3.25. The van der Waals surface area contributed by atoms with Crippen molar-refractivity contribution < 1.29 is 8.42 Å². The van der Waals surface area contributed by atoms with Crippen molar-refractivity contribution in [2.75, 3.05) is 5.32 Å². The summed E-state index contributed by atoms with van der Waals surface area (Å²) in [5.74, 6) is 0.812. The molecule has 0 bridgehead atoms. The fraction of sp³-hybridized carbons (Fsp3) is 0.0588. The van der Waals surface area contributed by atoms with Gasteiger partial charge in [0.05, 0.1) is 0 Å². The number of rotatable bonds is 4. The van der Waals surface area contributed by atoms with Crippen LogP contribution in [0.2, 0.25) is 0 Å². The summed E-state index contributed by atoms with van der Waals surface area (Å²) in [4.78, 5) is 4.25. The van der Waals surface area contributed by atoms with E-state index >= 15 is 0 Å². The lowest BCUT2D eigenvalue weighted by Gasteiger charge is -2.11. The first kappa shape index (κ1) is 16.4. The first-order valence-electron chi connectivity index (χ1n) is 7.19. The maximum absolute atomic E-state index is 12.5. The Balaban J connectivity index is 2.06. The molecule has 122 valence electrons. The van der Waals surface area contributed by atoms with Crippen molar-refractivity contribution in [1.29, 1.82) is 0 Å².